The van der Waals surface area contributed by atoms with Crippen LogP contribution in [0.25, 0.3) is 0 Å². The average molecular weight is 393 g/mol. The standard InChI is InChI=1S/C20H33ClN6/c1-7-15(2)12-13-24-20(22-4)26-19(27(6)23-5)16(3)14-25-18-10-8-17(21)9-11-18/h8-11,15,25H,5,7,12-14H2,1-4,6H3,(H2,22,24,26)/b19-16+. The lowest BCUT2D eigenvalue weighted by atomic mass is 10.1. The Bertz CT molecular complexity index is 638. The molecule has 0 saturated heterocycles. The van der Waals surface area contributed by atoms with Crippen LogP contribution >= 0.6 is 11.6 Å². The maximum atomic E-state index is 5.94. The number of nitrogens with zero attached hydrogens (tertiary/aromatic N) is 3. The van der Waals surface area contributed by atoms with Gasteiger partial charge >= 0.3 is 0 Å². The Morgan fingerprint density at radius 2 is 1.96 bits per heavy atom. The van der Waals surface area contributed by atoms with Gasteiger partial charge in [-0.25, -0.2) is 0 Å². The largest absolute Gasteiger partial charge is 0.381 e. The molecule has 150 valence electrons. The fourth-order valence-corrected chi connectivity index (χ4v) is 2.48. The Morgan fingerprint density at radius 3 is 2.52 bits per heavy atom. The van der Waals surface area contributed by atoms with Gasteiger partial charge in [-0.3, -0.25) is 10.0 Å². The summed E-state index contributed by atoms with van der Waals surface area (Å²) in [7, 11) is 3.62. The minimum absolute atomic E-state index is 0.647. The van der Waals surface area contributed by atoms with Crippen LogP contribution in [0.1, 0.15) is 33.6 Å². The molecule has 7 heteroatoms. The van der Waals surface area contributed by atoms with E-state index in [0.29, 0.717) is 12.5 Å². The molecule has 0 bridgehead atoms. The summed E-state index contributed by atoms with van der Waals surface area (Å²) in [5, 5.41) is 16.5. The molecule has 0 heterocycles. The number of aliphatic imine (C=N–C) groups is 1. The summed E-state index contributed by atoms with van der Waals surface area (Å²) in [4.78, 5) is 4.31. The highest BCUT2D eigenvalue weighted by Gasteiger charge is 2.11. The van der Waals surface area contributed by atoms with Crippen molar-refractivity contribution in [3.05, 3.63) is 40.7 Å². The number of anilines is 1. The Morgan fingerprint density at radius 1 is 1.30 bits per heavy atom. The van der Waals surface area contributed by atoms with Crippen LogP contribution in [0.5, 0.6) is 0 Å². The molecule has 0 aromatic heterocycles. The van der Waals surface area contributed by atoms with Crippen LogP contribution in [-0.4, -0.2) is 44.9 Å². The number of halogens is 1. The van der Waals surface area contributed by atoms with Gasteiger partial charge in [-0.15, -0.1) is 0 Å². The van der Waals surface area contributed by atoms with Crippen LogP contribution in [0.2, 0.25) is 5.02 Å². The number of rotatable bonds is 10. The van der Waals surface area contributed by atoms with Crippen molar-refractivity contribution in [3.63, 3.8) is 0 Å². The molecule has 1 unspecified atom stereocenters. The minimum atomic E-state index is 0.647. The maximum absolute atomic E-state index is 5.94. The third kappa shape index (κ3) is 8.35. The number of benzene rings is 1. The molecule has 3 N–H and O–H groups in total. The first-order valence-corrected chi connectivity index (χ1v) is 9.66. The van der Waals surface area contributed by atoms with Crippen LogP contribution in [0.3, 0.4) is 0 Å². The van der Waals surface area contributed by atoms with E-state index in [1.54, 1.807) is 12.1 Å². The first-order chi connectivity index (χ1) is 12.9. The van der Waals surface area contributed by atoms with E-state index in [9.17, 15) is 0 Å². The Hall–Kier alpha value is -2.21. The molecule has 27 heavy (non-hydrogen) atoms. The number of hydrogen-bond acceptors (Lipinski definition) is 4. The SMILES string of the molecule is C=NN(C)/C(NC(=NC)NCCC(C)CC)=C(\C)CNc1ccc(Cl)cc1. The molecular formula is C20H33ClN6. The van der Waals surface area contributed by atoms with E-state index in [-0.39, 0.29) is 0 Å². The summed E-state index contributed by atoms with van der Waals surface area (Å²) in [6.45, 7) is 11.6. The van der Waals surface area contributed by atoms with Gasteiger partial charge in [-0.2, -0.15) is 5.10 Å². The van der Waals surface area contributed by atoms with E-state index >= 15 is 0 Å². The van der Waals surface area contributed by atoms with E-state index in [4.69, 9.17) is 11.6 Å². The van der Waals surface area contributed by atoms with Gasteiger partial charge < -0.3 is 16.0 Å². The second-order valence-electron chi connectivity index (χ2n) is 6.58. The molecule has 0 aliphatic carbocycles. The highest BCUT2D eigenvalue weighted by molar-refractivity contribution is 6.30. The summed E-state index contributed by atoms with van der Waals surface area (Å²) < 4.78 is 0. The van der Waals surface area contributed by atoms with Crippen molar-refractivity contribution in [2.45, 2.75) is 33.6 Å². The van der Waals surface area contributed by atoms with Crippen molar-refractivity contribution in [1.29, 1.82) is 0 Å². The van der Waals surface area contributed by atoms with E-state index in [2.05, 4.69) is 46.6 Å². The number of guanidine groups is 1. The van der Waals surface area contributed by atoms with Crippen molar-refractivity contribution >= 4 is 30.0 Å². The van der Waals surface area contributed by atoms with E-state index in [1.807, 2.05) is 38.2 Å². The van der Waals surface area contributed by atoms with Crippen molar-refractivity contribution in [1.82, 2.24) is 15.6 Å². The molecular weight excluding hydrogens is 360 g/mol. The predicted octanol–water partition coefficient (Wildman–Crippen LogP) is 4.13. The molecule has 0 spiro atoms. The van der Waals surface area contributed by atoms with Crippen LogP contribution < -0.4 is 16.0 Å². The van der Waals surface area contributed by atoms with Crippen molar-refractivity contribution in [3.8, 4) is 0 Å². The van der Waals surface area contributed by atoms with Crippen LogP contribution in [0.4, 0.5) is 5.69 Å². The van der Waals surface area contributed by atoms with Crippen LogP contribution in [0, 0.1) is 5.92 Å². The van der Waals surface area contributed by atoms with Crippen molar-refractivity contribution < 1.29 is 0 Å². The van der Waals surface area contributed by atoms with Crippen LogP contribution in [0.15, 0.2) is 45.8 Å². The van der Waals surface area contributed by atoms with Gasteiger partial charge in [0.1, 0.15) is 5.82 Å². The van der Waals surface area contributed by atoms with E-state index in [1.165, 1.54) is 6.42 Å². The Labute approximate surface area is 168 Å². The third-order valence-corrected chi connectivity index (χ3v) is 4.68. The molecule has 0 fully saturated rings. The van der Waals surface area contributed by atoms with Crippen molar-refractivity contribution in [2.75, 3.05) is 32.5 Å². The highest BCUT2D eigenvalue weighted by Crippen LogP contribution is 2.14. The first-order valence-electron chi connectivity index (χ1n) is 9.28. The molecule has 0 aliphatic rings. The average Bonchev–Trinajstić information content (AvgIpc) is 2.69. The molecule has 1 aromatic rings. The summed E-state index contributed by atoms with van der Waals surface area (Å²) in [5.74, 6) is 2.24. The van der Waals surface area contributed by atoms with E-state index < -0.39 is 0 Å². The molecule has 0 amide bonds. The number of hydrogen-bond donors (Lipinski definition) is 3. The second-order valence-corrected chi connectivity index (χ2v) is 7.02. The lowest BCUT2D eigenvalue weighted by Crippen LogP contribution is -2.41. The summed E-state index contributed by atoms with van der Waals surface area (Å²) in [5.41, 5.74) is 2.08. The molecule has 6 nitrogen and oxygen atoms in total. The fourth-order valence-electron chi connectivity index (χ4n) is 2.35. The fraction of sp³-hybridized carbons (Fsp3) is 0.500. The topological polar surface area (TPSA) is 64.0 Å². The van der Waals surface area contributed by atoms with Gasteiger partial charge in [0.15, 0.2) is 5.96 Å². The van der Waals surface area contributed by atoms with Crippen molar-refractivity contribution in [2.24, 2.45) is 16.0 Å². The summed E-state index contributed by atoms with van der Waals surface area (Å²) >= 11 is 5.94. The Balaban J connectivity index is 2.77. The molecule has 1 atom stereocenters. The monoisotopic (exact) mass is 392 g/mol. The molecule has 1 rings (SSSR count). The normalized spacial score (nSPS) is 13.5. The molecule has 0 saturated carbocycles. The molecule has 1 aromatic carbocycles. The summed E-state index contributed by atoms with van der Waals surface area (Å²) in [6, 6.07) is 7.63. The lowest BCUT2D eigenvalue weighted by molar-refractivity contribution is 0.422. The zero-order valence-electron chi connectivity index (χ0n) is 17.1. The summed E-state index contributed by atoms with van der Waals surface area (Å²) in [6.07, 6.45) is 2.28. The molecule has 0 aliphatic heterocycles. The predicted molar refractivity (Wildman–Crippen MR) is 119 cm³/mol. The Kier molecular flexibility index (Phi) is 10.3. The van der Waals surface area contributed by atoms with Gasteiger partial charge in [0.2, 0.25) is 0 Å². The van der Waals surface area contributed by atoms with Gasteiger partial charge in [0, 0.05) is 44.6 Å². The van der Waals surface area contributed by atoms with Gasteiger partial charge in [0.05, 0.1) is 0 Å². The van der Waals surface area contributed by atoms with Gasteiger partial charge in [-0.1, -0.05) is 31.9 Å². The first kappa shape index (κ1) is 22.8. The van der Waals surface area contributed by atoms with E-state index in [0.717, 1.165) is 41.0 Å². The number of hydrazone groups is 1. The zero-order chi connectivity index (χ0) is 20.2. The maximum Gasteiger partial charge on any atom is 0.196 e. The number of nitrogens with one attached hydrogen (secondary N) is 3. The zero-order valence-corrected chi connectivity index (χ0v) is 17.9. The lowest BCUT2D eigenvalue weighted by Gasteiger charge is -2.23. The molecule has 0 radical (unpaired) electrons. The van der Waals surface area contributed by atoms with Gasteiger partial charge in [-0.05, 0) is 49.1 Å². The highest BCUT2D eigenvalue weighted by atomic mass is 35.5. The smallest absolute Gasteiger partial charge is 0.196 e. The third-order valence-electron chi connectivity index (χ3n) is 4.43. The van der Waals surface area contributed by atoms with Gasteiger partial charge in [0.25, 0.3) is 0 Å². The van der Waals surface area contributed by atoms with Crippen LogP contribution in [-0.2, 0) is 0 Å². The second kappa shape index (κ2) is 12.2. The quantitative estimate of drug-likeness (QED) is 0.318. The minimum Gasteiger partial charge on any atom is -0.381 e.